The van der Waals surface area contributed by atoms with E-state index in [0.29, 0.717) is 6.42 Å². The summed E-state index contributed by atoms with van der Waals surface area (Å²) in [5, 5.41) is 2.95. The number of carbonyl (C=O) groups is 1. The van der Waals surface area contributed by atoms with E-state index in [1.165, 1.54) is 5.56 Å². The number of unbranched alkanes of at least 4 members (excludes halogenated alkanes) is 3. The second kappa shape index (κ2) is 10.7. The highest BCUT2D eigenvalue weighted by Gasteiger charge is 2.02. The van der Waals surface area contributed by atoms with Gasteiger partial charge in [-0.15, -0.1) is 0 Å². The summed E-state index contributed by atoms with van der Waals surface area (Å²) in [6, 6.07) is 8.16. The van der Waals surface area contributed by atoms with E-state index < -0.39 is 0 Å². The van der Waals surface area contributed by atoms with Crippen molar-refractivity contribution < 1.29 is 4.79 Å². The first-order valence-electron chi connectivity index (χ1n) is 7.34. The molecule has 3 nitrogen and oxygen atoms in total. The van der Waals surface area contributed by atoms with E-state index >= 15 is 0 Å². The molecule has 1 aromatic rings. The van der Waals surface area contributed by atoms with Gasteiger partial charge in [0.25, 0.3) is 0 Å². The van der Waals surface area contributed by atoms with Gasteiger partial charge in [0.15, 0.2) is 0 Å². The summed E-state index contributed by atoms with van der Waals surface area (Å²) >= 11 is 1.85. The molecule has 0 radical (unpaired) electrons. The third kappa shape index (κ3) is 7.56. The predicted octanol–water partition coefficient (Wildman–Crippen LogP) is 3.44. The van der Waals surface area contributed by atoms with Gasteiger partial charge in [-0.25, -0.2) is 0 Å². The van der Waals surface area contributed by atoms with Crippen LogP contribution >= 0.6 is 11.8 Å². The van der Waals surface area contributed by atoms with Crippen molar-refractivity contribution in [1.82, 2.24) is 0 Å². The van der Waals surface area contributed by atoms with Crippen LogP contribution in [-0.2, 0) is 11.2 Å². The molecule has 0 saturated heterocycles. The van der Waals surface area contributed by atoms with Gasteiger partial charge in [0.05, 0.1) is 0 Å². The molecule has 0 spiro atoms. The SMILES string of the molecule is CSCCc1ccc(NC(=O)CCCCCCN)cc1. The van der Waals surface area contributed by atoms with Gasteiger partial charge in [-0.05, 0) is 55.5 Å². The van der Waals surface area contributed by atoms with Crippen molar-refractivity contribution >= 4 is 23.4 Å². The van der Waals surface area contributed by atoms with Crippen LogP contribution in [0.1, 0.15) is 37.7 Å². The number of amides is 1. The molecule has 1 amide bonds. The quantitative estimate of drug-likeness (QED) is 0.650. The topological polar surface area (TPSA) is 55.1 Å². The second-order valence-electron chi connectivity index (χ2n) is 4.94. The van der Waals surface area contributed by atoms with Crippen molar-refractivity contribution in [3.8, 4) is 0 Å². The van der Waals surface area contributed by atoms with Gasteiger partial charge in [0.2, 0.25) is 5.91 Å². The Bertz CT molecular complexity index is 379. The molecule has 1 rings (SSSR count). The number of nitrogens with one attached hydrogen (secondary N) is 1. The second-order valence-corrected chi connectivity index (χ2v) is 5.93. The average Bonchev–Trinajstić information content (AvgIpc) is 2.46. The first-order valence-corrected chi connectivity index (χ1v) is 8.73. The van der Waals surface area contributed by atoms with E-state index in [1.807, 2.05) is 23.9 Å². The van der Waals surface area contributed by atoms with Crippen LogP contribution < -0.4 is 11.1 Å². The van der Waals surface area contributed by atoms with Crippen molar-refractivity contribution in [2.75, 3.05) is 23.9 Å². The summed E-state index contributed by atoms with van der Waals surface area (Å²) in [5.74, 6) is 1.24. The molecule has 0 heterocycles. The number of carbonyl (C=O) groups excluding carboxylic acids is 1. The molecule has 4 heteroatoms. The van der Waals surface area contributed by atoms with Crippen molar-refractivity contribution in [2.24, 2.45) is 5.73 Å². The molecule has 1 aromatic carbocycles. The number of benzene rings is 1. The highest BCUT2D eigenvalue weighted by atomic mass is 32.2. The first-order chi connectivity index (χ1) is 9.76. The zero-order valence-corrected chi connectivity index (χ0v) is 13.2. The normalized spacial score (nSPS) is 10.5. The van der Waals surface area contributed by atoms with Gasteiger partial charge in [-0.1, -0.05) is 25.0 Å². The molecule has 0 aliphatic rings. The molecule has 0 unspecified atom stereocenters. The summed E-state index contributed by atoms with van der Waals surface area (Å²) in [7, 11) is 0. The Morgan fingerprint density at radius 2 is 1.85 bits per heavy atom. The molecule has 0 aromatic heterocycles. The molecule has 0 saturated carbocycles. The van der Waals surface area contributed by atoms with Crippen molar-refractivity contribution in [1.29, 1.82) is 0 Å². The fraction of sp³-hybridized carbons (Fsp3) is 0.562. The lowest BCUT2D eigenvalue weighted by Gasteiger charge is -2.06. The summed E-state index contributed by atoms with van der Waals surface area (Å²) < 4.78 is 0. The highest BCUT2D eigenvalue weighted by molar-refractivity contribution is 7.98. The van der Waals surface area contributed by atoms with Crippen molar-refractivity contribution in [3.05, 3.63) is 29.8 Å². The minimum absolute atomic E-state index is 0.106. The molecular weight excluding hydrogens is 268 g/mol. The Hall–Kier alpha value is -1.00. The van der Waals surface area contributed by atoms with Crippen LogP contribution in [0.15, 0.2) is 24.3 Å². The van der Waals surface area contributed by atoms with Gasteiger partial charge in [-0.2, -0.15) is 11.8 Å². The van der Waals surface area contributed by atoms with Crippen LogP contribution in [-0.4, -0.2) is 24.5 Å². The lowest BCUT2D eigenvalue weighted by Crippen LogP contribution is -2.11. The van der Waals surface area contributed by atoms with Crippen molar-refractivity contribution in [2.45, 2.75) is 38.5 Å². The molecule has 0 aliphatic heterocycles. The molecule has 0 bridgehead atoms. The Labute approximate surface area is 126 Å². The molecule has 0 atom stereocenters. The number of hydrogen-bond donors (Lipinski definition) is 2. The molecule has 0 fully saturated rings. The van der Waals surface area contributed by atoms with Gasteiger partial charge in [-0.3, -0.25) is 4.79 Å². The van der Waals surface area contributed by atoms with E-state index in [4.69, 9.17) is 5.73 Å². The average molecular weight is 294 g/mol. The maximum Gasteiger partial charge on any atom is 0.224 e. The Kier molecular flexibility index (Phi) is 9.16. The maximum absolute atomic E-state index is 11.8. The molecule has 0 aliphatic carbocycles. The monoisotopic (exact) mass is 294 g/mol. The summed E-state index contributed by atoms with van der Waals surface area (Å²) in [6.45, 7) is 0.745. The van der Waals surface area contributed by atoms with Gasteiger partial charge in [0.1, 0.15) is 0 Å². The number of anilines is 1. The van der Waals surface area contributed by atoms with Crippen LogP contribution in [0.5, 0.6) is 0 Å². The molecular formula is C16H26N2OS. The van der Waals surface area contributed by atoms with Crippen LogP contribution in [0.4, 0.5) is 5.69 Å². The highest BCUT2D eigenvalue weighted by Crippen LogP contribution is 2.12. The first kappa shape index (κ1) is 17.1. The number of thioether (sulfide) groups is 1. The van der Waals surface area contributed by atoms with Crippen LogP contribution in [0.2, 0.25) is 0 Å². The smallest absolute Gasteiger partial charge is 0.224 e. The van der Waals surface area contributed by atoms with Gasteiger partial charge < -0.3 is 11.1 Å². The standard InChI is InChI=1S/C16H26N2OS/c1-20-13-11-14-7-9-15(10-8-14)18-16(19)6-4-2-3-5-12-17/h7-10H,2-6,11-13,17H2,1H3,(H,18,19). The zero-order valence-electron chi connectivity index (χ0n) is 12.4. The Balaban J connectivity index is 2.24. The van der Waals surface area contributed by atoms with Crippen LogP contribution in [0.25, 0.3) is 0 Å². The fourth-order valence-electron chi connectivity index (χ4n) is 1.98. The number of nitrogens with two attached hydrogens (primary N) is 1. The maximum atomic E-state index is 11.8. The Morgan fingerprint density at radius 1 is 1.15 bits per heavy atom. The number of rotatable bonds is 10. The fourth-order valence-corrected chi connectivity index (χ4v) is 2.42. The molecule has 112 valence electrons. The minimum atomic E-state index is 0.106. The van der Waals surface area contributed by atoms with Crippen LogP contribution in [0.3, 0.4) is 0 Å². The molecule has 20 heavy (non-hydrogen) atoms. The third-order valence-electron chi connectivity index (χ3n) is 3.19. The summed E-state index contributed by atoms with van der Waals surface area (Å²) in [4.78, 5) is 11.8. The van der Waals surface area contributed by atoms with Crippen molar-refractivity contribution in [3.63, 3.8) is 0 Å². The predicted molar refractivity (Wildman–Crippen MR) is 89.3 cm³/mol. The lowest BCUT2D eigenvalue weighted by atomic mass is 10.1. The van der Waals surface area contributed by atoms with E-state index in [-0.39, 0.29) is 5.91 Å². The largest absolute Gasteiger partial charge is 0.330 e. The summed E-state index contributed by atoms with van der Waals surface area (Å²) in [5.41, 5.74) is 7.65. The van der Waals surface area contributed by atoms with E-state index in [0.717, 1.165) is 50.1 Å². The van der Waals surface area contributed by atoms with Crippen LogP contribution in [0, 0.1) is 0 Å². The minimum Gasteiger partial charge on any atom is -0.330 e. The number of hydrogen-bond acceptors (Lipinski definition) is 3. The lowest BCUT2D eigenvalue weighted by molar-refractivity contribution is -0.116. The Morgan fingerprint density at radius 3 is 2.50 bits per heavy atom. The van der Waals surface area contributed by atoms with E-state index in [2.05, 4.69) is 23.7 Å². The molecule has 3 N–H and O–H groups in total. The van der Waals surface area contributed by atoms with E-state index in [1.54, 1.807) is 0 Å². The van der Waals surface area contributed by atoms with Gasteiger partial charge >= 0.3 is 0 Å². The number of aryl methyl sites for hydroxylation is 1. The third-order valence-corrected chi connectivity index (χ3v) is 3.80. The van der Waals surface area contributed by atoms with Gasteiger partial charge in [0, 0.05) is 12.1 Å². The summed E-state index contributed by atoms with van der Waals surface area (Å²) in [6.07, 6.45) is 7.99. The van der Waals surface area contributed by atoms with E-state index in [9.17, 15) is 4.79 Å². The zero-order chi connectivity index (χ0) is 14.6.